The lowest BCUT2D eigenvalue weighted by Gasteiger charge is -2.35. The van der Waals surface area contributed by atoms with Crippen LogP contribution in [0, 0.1) is 0 Å². The summed E-state index contributed by atoms with van der Waals surface area (Å²) in [5, 5.41) is 26.5. The van der Waals surface area contributed by atoms with Gasteiger partial charge < -0.3 is 20.5 Å². The third-order valence-electron chi connectivity index (χ3n) is 3.90. The third kappa shape index (κ3) is 4.42. The van der Waals surface area contributed by atoms with Crippen molar-refractivity contribution in [1.29, 1.82) is 0 Å². The highest BCUT2D eigenvalue weighted by Gasteiger charge is 2.44. The first-order valence-corrected chi connectivity index (χ1v) is 10.3. The molecule has 2 amide bonds. The minimum atomic E-state index is -4.69. The van der Waals surface area contributed by atoms with Gasteiger partial charge in [-0.3, -0.25) is 18.9 Å². The van der Waals surface area contributed by atoms with Gasteiger partial charge in [-0.25, -0.2) is 4.31 Å². The number of nitrogens with zero attached hydrogens (tertiary/aromatic N) is 3. The van der Waals surface area contributed by atoms with E-state index in [4.69, 9.17) is 9.39 Å². The molecule has 0 aromatic carbocycles. The van der Waals surface area contributed by atoms with Crippen LogP contribution in [-0.2, 0) is 31.3 Å². The zero-order valence-electron chi connectivity index (χ0n) is 14.8. The number of aromatic hydroxyl groups is 1. The molecule has 0 bridgehead atoms. The van der Waals surface area contributed by atoms with Crippen molar-refractivity contribution in [2.24, 2.45) is 5.16 Å². The van der Waals surface area contributed by atoms with Crippen LogP contribution in [0.3, 0.4) is 0 Å². The van der Waals surface area contributed by atoms with Gasteiger partial charge in [-0.05, 0) is 11.4 Å². The van der Waals surface area contributed by atoms with Crippen LogP contribution < -0.4 is 10.7 Å². The summed E-state index contributed by atoms with van der Waals surface area (Å²) in [7, 11) is -4.69. The van der Waals surface area contributed by atoms with Gasteiger partial charge >= 0.3 is 10.3 Å². The zero-order chi connectivity index (χ0) is 22.1. The third-order valence-corrected chi connectivity index (χ3v) is 5.67. The Morgan fingerprint density at radius 2 is 2.13 bits per heavy atom. The van der Waals surface area contributed by atoms with E-state index < -0.39 is 52.5 Å². The van der Waals surface area contributed by atoms with Crippen molar-refractivity contribution < 1.29 is 37.7 Å². The number of hydrogen-bond donors (Lipinski definition) is 4. The summed E-state index contributed by atoms with van der Waals surface area (Å²) in [5.41, 5.74) is -1.06. The normalized spacial score (nSPS) is 16.8. The molecule has 160 valence electrons. The number of hydrogen-bond acceptors (Lipinski definition) is 10. The first-order valence-electron chi connectivity index (χ1n) is 8.05. The molecule has 1 aliphatic heterocycles. The highest BCUT2D eigenvalue weighted by molar-refractivity contribution is 7.84. The Labute approximate surface area is 172 Å². The van der Waals surface area contributed by atoms with Gasteiger partial charge in [0.1, 0.15) is 11.7 Å². The van der Waals surface area contributed by atoms with Gasteiger partial charge in [0, 0.05) is 6.07 Å². The van der Waals surface area contributed by atoms with Crippen molar-refractivity contribution in [3.8, 4) is 5.75 Å². The number of thiophene rings is 1. The molecule has 13 nitrogen and oxygen atoms in total. The predicted molar refractivity (Wildman–Crippen MR) is 100 cm³/mol. The standard InChI is InChI=1S/C15H14N4O9S2/c20-10-4-8(18(24)6-11(10)21)7-28-17-13(12-2-1-3-29-12)14(22)16-9-5-19(15(9)23)30(25,26)27/h1-4,6,9,21,24H,5,7H2,(H,16,22)(H,25,26,27)/b17-13+. The fourth-order valence-corrected chi connectivity index (χ4v) is 3.77. The minimum absolute atomic E-state index is 0.0644. The van der Waals surface area contributed by atoms with Crippen LogP contribution >= 0.6 is 11.3 Å². The van der Waals surface area contributed by atoms with Gasteiger partial charge in [0.25, 0.3) is 11.8 Å². The number of aromatic nitrogens is 1. The van der Waals surface area contributed by atoms with Crippen molar-refractivity contribution in [3.63, 3.8) is 0 Å². The molecule has 3 rings (SSSR count). The van der Waals surface area contributed by atoms with Crippen molar-refractivity contribution in [2.45, 2.75) is 12.6 Å². The van der Waals surface area contributed by atoms with Crippen molar-refractivity contribution in [3.05, 3.63) is 50.6 Å². The average molecular weight is 458 g/mol. The first kappa shape index (κ1) is 21.3. The number of β-lactam (4-membered cyclic amide) rings is 1. The van der Waals surface area contributed by atoms with E-state index in [-0.39, 0.29) is 15.7 Å². The van der Waals surface area contributed by atoms with Gasteiger partial charge in [0.05, 0.1) is 17.6 Å². The summed E-state index contributed by atoms with van der Waals surface area (Å²) in [5.74, 6) is -2.53. The summed E-state index contributed by atoms with van der Waals surface area (Å²) in [4.78, 5) is 41.1. The molecule has 1 aliphatic rings. The summed E-state index contributed by atoms with van der Waals surface area (Å²) in [6, 6.07) is 2.90. The Morgan fingerprint density at radius 3 is 2.73 bits per heavy atom. The Hall–Kier alpha value is -3.43. The van der Waals surface area contributed by atoms with Crippen LogP contribution in [0.5, 0.6) is 5.75 Å². The molecular weight excluding hydrogens is 444 g/mol. The Kier molecular flexibility index (Phi) is 5.77. The molecule has 1 fully saturated rings. The molecule has 3 heterocycles. The van der Waals surface area contributed by atoms with Gasteiger partial charge in [0.2, 0.25) is 5.43 Å². The fraction of sp³-hybridized carbons (Fsp3) is 0.200. The van der Waals surface area contributed by atoms with Gasteiger partial charge in [-0.2, -0.15) is 13.1 Å². The number of carbonyl (C=O) groups excluding carboxylic acids is 2. The van der Waals surface area contributed by atoms with Crippen LogP contribution in [-0.4, -0.2) is 62.4 Å². The minimum Gasteiger partial charge on any atom is -0.503 e. The molecule has 15 heteroatoms. The Bertz CT molecular complexity index is 1170. The van der Waals surface area contributed by atoms with E-state index in [2.05, 4.69) is 10.5 Å². The SMILES string of the molecule is O=C(NC1CN(S(=O)(=O)O)C1=O)/C(=N/OCc1cc(=O)c(O)cn1O)c1cccs1. The molecule has 0 aliphatic carbocycles. The van der Waals surface area contributed by atoms with Crippen LogP contribution in [0.4, 0.5) is 0 Å². The first-order chi connectivity index (χ1) is 14.1. The van der Waals surface area contributed by atoms with Crippen molar-refractivity contribution in [2.75, 3.05) is 6.54 Å². The maximum absolute atomic E-state index is 12.5. The van der Waals surface area contributed by atoms with Crippen molar-refractivity contribution in [1.82, 2.24) is 14.4 Å². The van der Waals surface area contributed by atoms with Crippen LogP contribution in [0.15, 0.2) is 39.7 Å². The molecule has 4 N–H and O–H groups in total. The predicted octanol–water partition coefficient (Wildman–Crippen LogP) is -1.10. The number of nitrogens with one attached hydrogen (secondary N) is 1. The average Bonchev–Trinajstić information content (AvgIpc) is 3.18. The Balaban J connectivity index is 1.73. The van der Waals surface area contributed by atoms with E-state index in [1.54, 1.807) is 17.5 Å². The molecule has 2 aromatic rings. The van der Waals surface area contributed by atoms with Crippen LogP contribution in [0.1, 0.15) is 10.6 Å². The quantitative estimate of drug-likeness (QED) is 0.131. The van der Waals surface area contributed by atoms with E-state index >= 15 is 0 Å². The van der Waals surface area contributed by atoms with Gasteiger partial charge in [-0.1, -0.05) is 11.2 Å². The second kappa shape index (κ2) is 8.13. The van der Waals surface area contributed by atoms with Crippen molar-refractivity contribution >= 4 is 39.2 Å². The van der Waals surface area contributed by atoms with E-state index in [1.165, 1.54) is 0 Å². The van der Waals surface area contributed by atoms with Crippen LogP contribution in [0.25, 0.3) is 0 Å². The lowest BCUT2D eigenvalue weighted by Crippen LogP contribution is -2.65. The number of carbonyl (C=O) groups is 2. The second-order valence-electron chi connectivity index (χ2n) is 5.92. The molecule has 2 aromatic heterocycles. The number of rotatable bonds is 7. The lowest BCUT2D eigenvalue weighted by molar-refractivity contribution is -0.139. The summed E-state index contributed by atoms with van der Waals surface area (Å²) < 4.78 is 31.5. The van der Waals surface area contributed by atoms with Gasteiger partial charge in [-0.15, -0.1) is 11.3 Å². The topological polar surface area (TPSA) is 188 Å². The van der Waals surface area contributed by atoms with Gasteiger partial charge in [0.15, 0.2) is 18.1 Å². The largest absolute Gasteiger partial charge is 0.503 e. The van der Waals surface area contributed by atoms with Crippen LogP contribution in [0.2, 0.25) is 0 Å². The van der Waals surface area contributed by atoms with E-state index in [9.17, 15) is 33.1 Å². The molecule has 0 radical (unpaired) electrons. The monoisotopic (exact) mass is 458 g/mol. The smallest absolute Gasteiger partial charge is 0.362 e. The molecule has 0 saturated carbocycles. The summed E-state index contributed by atoms with van der Waals surface area (Å²) >= 11 is 1.13. The highest BCUT2D eigenvalue weighted by Crippen LogP contribution is 2.16. The maximum atomic E-state index is 12.5. The molecule has 1 unspecified atom stereocenters. The molecule has 30 heavy (non-hydrogen) atoms. The molecule has 0 spiro atoms. The second-order valence-corrected chi connectivity index (χ2v) is 8.21. The summed E-state index contributed by atoms with van der Waals surface area (Å²) in [6.07, 6.45) is 0.765. The van der Waals surface area contributed by atoms with E-state index in [1.807, 2.05) is 0 Å². The zero-order valence-corrected chi connectivity index (χ0v) is 16.5. The number of pyridine rings is 1. The molecule has 1 saturated heterocycles. The lowest BCUT2D eigenvalue weighted by atomic mass is 10.1. The highest BCUT2D eigenvalue weighted by atomic mass is 32.2. The summed E-state index contributed by atoms with van der Waals surface area (Å²) in [6.45, 7) is -0.876. The maximum Gasteiger partial charge on any atom is 0.362 e. The fourth-order valence-electron chi connectivity index (χ4n) is 2.37. The van der Waals surface area contributed by atoms with E-state index in [0.717, 1.165) is 23.6 Å². The Morgan fingerprint density at radius 1 is 1.40 bits per heavy atom. The number of amides is 2. The van der Waals surface area contributed by atoms with E-state index in [0.29, 0.717) is 9.61 Å². The molecular formula is C15H14N4O9S2. The molecule has 1 atom stereocenters. The number of oxime groups is 1.